The van der Waals surface area contributed by atoms with E-state index in [-0.39, 0.29) is 22.2 Å². The lowest BCUT2D eigenvalue weighted by molar-refractivity contribution is -0.385. The Kier molecular flexibility index (Phi) is 4.40. The summed E-state index contributed by atoms with van der Waals surface area (Å²) in [7, 11) is 0. The first-order valence-corrected chi connectivity index (χ1v) is 6.43. The number of ether oxygens (including phenoxy) is 1. The van der Waals surface area contributed by atoms with E-state index in [0.717, 1.165) is 6.07 Å². The van der Waals surface area contributed by atoms with Crippen molar-refractivity contribution in [3.63, 3.8) is 0 Å². The molecule has 21 heavy (non-hydrogen) atoms. The van der Waals surface area contributed by atoms with E-state index in [2.05, 4.69) is 0 Å². The van der Waals surface area contributed by atoms with Gasteiger partial charge in [0, 0.05) is 22.7 Å². The Bertz CT molecular complexity index is 692. The van der Waals surface area contributed by atoms with E-state index in [4.69, 9.17) is 22.1 Å². The highest BCUT2D eigenvalue weighted by Crippen LogP contribution is 2.37. The van der Waals surface area contributed by atoms with Crippen LogP contribution in [0.2, 0.25) is 5.02 Å². The molecule has 1 atom stereocenters. The van der Waals surface area contributed by atoms with Gasteiger partial charge in [0.05, 0.1) is 4.92 Å². The number of nitrogens with zero attached hydrogens (tertiary/aromatic N) is 1. The van der Waals surface area contributed by atoms with Gasteiger partial charge in [-0.2, -0.15) is 0 Å². The Labute approximate surface area is 125 Å². The molecule has 0 fully saturated rings. The van der Waals surface area contributed by atoms with Gasteiger partial charge in [0.1, 0.15) is 0 Å². The maximum Gasteiger partial charge on any atom is 0.313 e. The molecule has 0 radical (unpaired) electrons. The summed E-state index contributed by atoms with van der Waals surface area (Å²) >= 11 is 5.72. The zero-order valence-electron chi connectivity index (χ0n) is 11.0. The van der Waals surface area contributed by atoms with E-state index in [9.17, 15) is 14.5 Å². The number of hydrogen-bond donors (Lipinski definition) is 1. The summed E-state index contributed by atoms with van der Waals surface area (Å²) in [6.45, 7) is 1.66. The number of halogens is 2. The fraction of sp³-hybridized carbons (Fsp3) is 0.143. The molecule has 7 heteroatoms. The van der Waals surface area contributed by atoms with Crippen LogP contribution in [0.1, 0.15) is 18.5 Å². The van der Waals surface area contributed by atoms with Crippen LogP contribution in [-0.2, 0) is 0 Å². The molecule has 2 N–H and O–H groups in total. The van der Waals surface area contributed by atoms with Gasteiger partial charge in [0.25, 0.3) is 0 Å². The van der Waals surface area contributed by atoms with E-state index in [1.807, 2.05) is 0 Å². The summed E-state index contributed by atoms with van der Waals surface area (Å²) in [6, 6.07) is 7.70. The van der Waals surface area contributed by atoms with Crippen molar-refractivity contribution < 1.29 is 14.1 Å². The molecule has 5 nitrogen and oxygen atoms in total. The normalized spacial score (nSPS) is 12.0. The molecule has 0 aliphatic rings. The smallest absolute Gasteiger partial charge is 0.313 e. The summed E-state index contributed by atoms with van der Waals surface area (Å²) in [5.41, 5.74) is 5.83. The summed E-state index contributed by atoms with van der Waals surface area (Å²) in [5.74, 6) is -0.872. The number of benzene rings is 2. The highest BCUT2D eigenvalue weighted by atomic mass is 35.5. The van der Waals surface area contributed by atoms with Crippen molar-refractivity contribution in [2.24, 2.45) is 5.73 Å². The van der Waals surface area contributed by atoms with Gasteiger partial charge in [-0.05, 0) is 25.1 Å². The number of hydrogen-bond acceptors (Lipinski definition) is 4. The zero-order valence-corrected chi connectivity index (χ0v) is 11.8. The van der Waals surface area contributed by atoms with Gasteiger partial charge >= 0.3 is 5.69 Å². The Morgan fingerprint density at radius 1 is 1.38 bits per heavy atom. The first-order chi connectivity index (χ1) is 9.90. The van der Waals surface area contributed by atoms with Crippen molar-refractivity contribution in [2.75, 3.05) is 0 Å². The van der Waals surface area contributed by atoms with Crippen LogP contribution in [0.5, 0.6) is 11.5 Å². The Morgan fingerprint density at radius 3 is 2.71 bits per heavy atom. The van der Waals surface area contributed by atoms with Crippen LogP contribution < -0.4 is 10.5 Å². The first kappa shape index (κ1) is 15.2. The van der Waals surface area contributed by atoms with Gasteiger partial charge in [-0.15, -0.1) is 0 Å². The molecule has 0 amide bonds. The topological polar surface area (TPSA) is 78.4 Å². The molecule has 0 aliphatic carbocycles. The van der Waals surface area contributed by atoms with E-state index >= 15 is 0 Å². The van der Waals surface area contributed by atoms with Crippen LogP contribution >= 0.6 is 11.6 Å². The second-order valence-corrected chi connectivity index (χ2v) is 4.85. The van der Waals surface area contributed by atoms with Crippen molar-refractivity contribution in [3.05, 3.63) is 62.9 Å². The highest BCUT2D eigenvalue weighted by Gasteiger charge is 2.20. The molecular weight excluding hydrogens is 299 g/mol. The van der Waals surface area contributed by atoms with Gasteiger partial charge < -0.3 is 10.5 Å². The molecule has 0 saturated heterocycles. The Balaban J connectivity index is 2.51. The van der Waals surface area contributed by atoms with Crippen molar-refractivity contribution in [2.45, 2.75) is 13.0 Å². The van der Waals surface area contributed by atoms with Crippen LogP contribution in [0, 0.1) is 15.9 Å². The fourth-order valence-electron chi connectivity index (χ4n) is 1.82. The molecule has 2 aromatic carbocycles. The number of rotatable bonds is 4. The minimum absolute atomic E-state index is 0.101. The Hall–Kier alpha value is -2.18. The second-order valence-electron chi connectivity index (χ2n) is 4.42. The van der Waals surface area contributed by atoms with Crippen LogP contribution in [0.4, 0.5) is 10.1 Å². The molecule has 0 aromatic heterocycles. The minimum atomic E-state index is -0.645. The third-order valence-corrected chi connectivity index (χ3v) is 3.05. The standard InChI is InChI=1S/C14H12ClFN2O3/c1-8(17)10-3-2-4-11(16)14(10)21-13-6-5-9(15)7-12(13)18(19)20/h2-8H,17H2,1H3/t8-/m0/s1. The van der Waals surface area contributed by atoms with Gasteiger partial charge in [0.15, 0.2) is 11.6 Å². The fourth-order valence-corrected chi connectivity index (χ4v) is 1.99. The summed E-state index contributed by atoms with van der Waals surface area (Å²) in [6.07, 6.45) is 0. The molecule has 0 heterocycles. The number of nitro benzene ring substituents is 1. The molecule has 0 aliphatic heterocycles. The first-order valence-electron chi connectivity index (χ1n) is 6.06. The molecule has 0 spiro atoms. The van der Waals surface area contributed by atoms with Gasteiger partial charge in [-0.1, -0.05) is 23.7 Å². The predicted octanol–water partition coefficient (Wildman–Crippen LogP) is 4.20. The quantitative estimate of drug-likeness (QED) is 0.678. The second kappa shape index (κ2) is 6.07. The lowest BCUT2D eigenvalue weighted by atomic mass is 10.1. The van der Waals surface area contributed by atoms with Crippen molar-refractivity contribution in [1.82, 2.24) is 0 Å². The lowest BCUT2D eigenvalue weighted by Gasteiger charge is -2.14. The highest BCUT2D eigenvalue weighted by molar-refractivity contribution is 6.30. The zero-order chi connectivity index (χ0) is 15.6. The SMILES string of the molecule is C[C@H](N)c1cccc(F)c1Oc1ccc(Cl)cc1[N+](=O)[O-]. The average Bonchev–Trinajstić information content (AvgIpc) is 2.42. The molecule has 2 rings (SSSR count). The minimum Gasteiger partial charge on any atom is -0.447 e. The molecule has 2 aromatic rings. The average molecular weight is 311 g/mol. The van der Waals surface area contributed by atoms with Crippen molar-refractivity contribution >= 4 is 17.3 Å². The summed E-state index contributed by atoms with van der Waals surface area (Å²) in [4.78, 5) is 10.4. The number of nitro groups is 1. The summed E-state index contributed by atoms with van der Waals surface area (Å²) < 4.78 is 19.3. The number of para-hydroxylation sites is 1. The monoisotopic (exact) mass is 310 g/mol. The van der Waals surface area contributed by atoms with E-state index < -0.39 is 16.8 Å². The van der Waals surface area contributed by atoms with E-state index in [1.165, 1.54) is 24.3 Å². The van der Waals surface area contributed by atoms with Gasteiger partial charge in [-0.25, -0.2) is 4.39 Å². The van der Waals surface area contributed by atoms with Crippen LogP contribution in [-0.4, -0.2) is 4.92 Å². The van der Waals surface area contributed by atoms with Gasteiger partial charge in [0.2, 0.25) is 5.75 Å². The van der Waals surface area contributed by atoms with Gasteiger partial charge in [-0.3, -0.25) is 10.1 Å². The van der Waals surface area contributed by atoms with Crippen LogP contribution in [0.3, 0.4) is 0 Å². The maximum atomic E-state index is 13.9. The van der Waals surface area contributed by atoms with Crippen LogP contribution in [0.25, 0.3) is 0 Å². The third kappa shape index (κ3) is 3.29. The van der Waals surface area contributed by atoms with Crippen molar-refractivity contribution in [1.29, 1.82) is 0 Å². The van der Waals surface area contributed by atoms with E-state index in [0.29, 0.717) is 5.56 Å². The maximum absolute atomic E-state index is 13.9. The lowest BCUT2D eigenvalue weighted by Crippen LogP contribution is -2.08. The molecule has 0 bridgehead atoms. The molecule has 0 unspecified atom stereocenters. The largest absolute Gasteiger partial charge is 0.447 e. The Morgan fingerprint density at radius 2 is 2.10 bits per heavy atom. The molecule has 110 valence electrons. The van der Waals surface area contributed by atoms with Crippen molar-refractivity contribution in [3.8, 4) is 11.5 Å². The molecule has 0 saturated carbocycles. The molecular formula is C14H12ClFN2O3. The van der Waals surface area contributed by atoms with Crippen LogP contribution in [0.15, 0.2) is 36.4 Å². The summed E-state index contributed by atoms with van der Waals surface area (Å²) in [5, 5.41) is 11.2. The third-order valence-electron chi connectivity index (χ3n) is 2.82. The van der Waals surface area contributed by atoms with E-state index in [1.54, 1.807) is 13.0 Å². The number of nitrogens with two attached hydrogens (primary N) is 1. The predicted molar refractivity (Wildman–Crippen MR) is 77.2 cm³/mol.